The first-order chi connectivity index (χ1) is 11.2. The van der Waals surface area contributed by atoms with Crippen molar-refractivity contribution in [2.75, 3.05) is 13.2 Å². The van der Waals surface area contributed by atoms with E-state index in [1.54, 1.807) is 0 Å². The highest BCUT2D eigenvalue weighted by Crippen LogP contribution is 2.10. The number of esters is 2. The van der Waals surface area contributed by atoms with Crippen LogP contribution in [-0.2, 0) is 19.1 Å². The number of ether oxygens (including phenoxy) is 2. The van der Waals surface area contributed by atoms with Crippen LogP contribution in [0, 0.1) is 0 Å². The molecule has 0 radical (unpaired) electrons. The van der Waals surface area contributed by atoms with E-state index in [1.165, 1.54) is 57.4 Å². The van der Waals surface area contributed by atoms with Crippen molar-refractivity contribution in [3.63, 3.8) is 0 Å². The van der Waals surface area contributed by atoms with Crippen LogP contribution in [0.25, 0.3) is 0 Å². The fourth-order valence-electron chi connectivity index (χ4n) is 2.28. The van der Waals surface area contributed by atoms with Crippen LogP contribution in [0.1, 0.15) is 84.0 Å². The number of carbonyl (C=O) groups excluding carboxylic acids is 2. The summed E-state index contributed by atoms with van der Waals surface area (Å²) in [6.07, 6.45) is 14.2. The second-order valence-electron chi connectivity index (χ2n) is 5.87. The molecule has 0 unspecified atom stereocenters. The van der Waals surface area contributed by atoms with Gasteiger partial charge in [-0.05, 0) is 6.42 Å². The average Bonchev–Trinajstić information content (AvgIpc) is 2.56. The summed E-state index contributed by atoms with van der Waals surface area (Å²) in [5.41, 5.74) is 0. The lowest BCUT2D eigenvalue weighted by atomic mass is 10.1. The van der Waals surface area contributed by atoms with E-state index in [0.717, 1.165) is 12.8 Å². The van der Waals surface area contributed by atoms with E-state index >= 15 is 0 Å². The average molecular weight is 326 g/mol. The summed E-state index contributed by atoms with van der Waals surface area (Å²) in [5, 5.41) is 0. The van der Waals surface area contributed by atoms with Crippen LogP contribution in [0.3, 0.4) is 0 Å². The second-order valence-corrected chi connectivity index (χ2v) is 5.87. The van der Waals surface area contributed by atoms with E-state index in [2.05, 4.69) is 13.5 Å². The quantitative estimate of drug-likeness (QED) is 0.228. The van der Waals surface area contributed by atoms with Crippen LogP contribution in [0.2, 0.25) is 0 Å². The Labute approximate surface area is 141 Å². The topological polar surface area (TPSA) is 52.6 Å². The monoisotopic (exact) mass is 326 g/mol. The van der Waals surface area contributed by atoms with Gasteiger partial charge >= 0.3 is 11.9 Å². The minimum atomic E-state index is -0.388. The SMILES string of the molecule is C=CCOC(=O)CCC(=O)OCCCCCCCCCCCC. The molecule has 4 nitrogen and oxygen atoms in total. The number of carbonyl (C=O) groups is 2. The molecule has 0 spiro atoms. The molecular weight excluding hydrogens is 292 g/mol. The fraction of sp³-hybridized carbons (Fsp3) is 0.789. The summed E-state index contributed by atoms with van der Waals surface area (Å²) < 4.78 is 9.89. The molecular formula is C19H34O4. The zero-order valence-corrected chi connectivity index (χ0v) is 14.8. The number of hydrogen-bond acceptors (Lipinski definition) is 4. The molecule has 0 N–H and O–H groups in total. The van der Waals surface area contributed by atoms with E-state index in [4.69, 9.17) is 9.47 Å². The highest BCUT2D eigenvalue weighted by molar-refractivity contribution is 5.77. The molecule has 0 aromatic rings. The van der Waals surface area contributed by atoms with E-state index < -0.39 is 0 Å². The molecule has 4 heteroatoms. The van der Waals surface area contributed by atoms with Crippen molar-refractivity contribution in [2.45, 2.75) is 84.0 Å². The Morgan fingerprint density at radius 2 is 1.26 bits per heavy atom. The second kappa shape index (κ2) is 17.0. The number of rotatable bonds is 16. The highest BCUT2D eigenvalue weighted by Gasteiger charge is 2.08. The molecule has 0 amide bonds. The Morgan fingerprint density at radius 1 is 0.783 bits per heavy atom. The van der Waals surface area contributed by atoms with Crippen molar-refractivity contribution in [1.29, 1.82) is 0 Å². The number of unbranched alkanes of at least 4 members (excludes halogenated alkanes) is 9. The van der Waals surface area contributed by atoms with Gasteiger partial charge < -0.3 is 9.47 Å². The summed E-state index contributed by atoms with van der Waals surface area (Å²) >= 11 is 0. The first-order valence-corrected chi connectivity index (χ1v) is 9.12. The molecule has 0 fully saturated rings. The van der Waals surface area contributed by atoms with Gasteiger partial charge in [-0.3, -0.25) is 9.59 Å². The van der Waals surface area contributed by atoms with Gasteiger partial charge in [-0.25, -0.2) is 0 Å². The fourth-order valence-corrected chi connectivity index (χ4v) is 2.28. The third kappa shape index (κ3) is 16.9. The molecule has 134 valence electrons. The summed E-state index contributed by atoms with van der Waals surface area (Å²) in [6.45, 7) is 6.33. The molecule has 0 aliphatic rings. The molecule has 0 saturated heterocycles. The van der Waals surface area contributed by atoms with Crippen LogP contribution in [0.5, 0.6) is 0 Å². The van der Waals surface area contributed by atoms with Gasteiger partial charge in [0.05, 0.1) is 19.4 Å². The molecule has 0 aromatic carbocycles. The zero-order chi connectivity index (χ0) is 17.2. The summed E-state index contributed by atoms with van der Waals surface area (Å²) in [5.74, 6) is -0.711. The van der Waals surface area contributed by atoms with Gasteiger partial charge in [0.1, 0.15) is 6.61 Å². The lowest BCUT2D eigenvalue weighted by molar-refractivity contribution is -0.149. The maximum Gasteiger partial charge on any atom is 0.306 e. The van der Waals surface area contributed by atoms with Gasteiger partial charge in [-0.2, -0.15) is 0 Å². The summed E-state index contributed by atoms with van der Waals surface area (Å²) in [6, 6.07) is 0. The lowest BCUT2D eigenvalue weighted by Gasteiger charge is -2.05. The Kier molecular flexibility index (Phi) is 16.1. The predicted molar refractivity (Wildman–Crippen MR) is 93.2 cm³/mol. The van der Waals surface area contributed by atoms with Crippen molar-refractivity contribution in [3.05, 3.63) is 12.7 Å². The van der Waals surface area contributed by atoms with Crippen LogP contribution in [-0.4, -0.2) is 25.2 Å². The lowest BCUT2D eigenvalue weighted by Crippen LogP contribution is -2.11. The molecule has 0 bridgehead atoms. The largest absolute Gasteiger partial charge is 0.466 e. The van der Waals surface area contributed by atoms with Crippen molar-refractivity contribution < 1.29 is 19.1 Å². The highest BCUT2D eigenvalue weighted by atomic mass is 16.5. The zero-order valence-electron chi connectivity index (χ0n) is 14.8. The van der Waals surface area contributed by atoms with E-state index in [1.807, 2.05) is 0 Å². The summed E-state index contributed by atoms with van der Waals surface area (Å²) in [7, 11) is 0. The van der Waals surface area contributed by atoms with Crippen molar-refractivity contribution in [2.24, 2.45) is 0 Å². The molecule has 0 heterocycles. The standard InChI is InChI=1S/C19H34O4/c1-3-5-6-7-8-9-10-11-12-13-17-23-19(21)15-14-18(20)22-16-4-2/h4H,2-3,5-17H2,1H3. The first kappa shape index (κ1) is 21.7. The van der Waals surface area contributed by atoms with Gasteiger partial charge in [0.2, 0.25) is 0 Å². The van der Waals surface area contributed by atoms with E-state index in [0.29, 0.717) is 6.61 Å². The Hall–Kier alpha value is -1.32. The normalized spacial score (nSPS) is 10.3. The minimum Gasteiger partial charge on any atom is -0.466 e. The molecule has 0 rings (SSSR count). The van der Waals surface area contributed by atoms with Gasteiger partial charge in [-0.15, -0.1) is 0 Å². The van der Waals surface area contributed by atoms with Gasteiger partial charge in [0.15, 0.2) is 0 Å². The number of hydrogen-bond donors (Lipinski definition) is 0. The molecule has 23 heavy (non-hydrogen) atoms. The Bertz CT molecular complexity index is 312. The first-order valence-electron chi connectivity index (χ1n) is 9.12. The summed E-state index contributed by atoms with van der Waals surface area (Å²) in [4.78, 5) is 22.6. The van der Waals surface area contributed by atoms with Crippen molar-refractivity contribution >= 4 is 11.9 Å². The van der Waals surface area contributed by atoms with Gasteiger partial charge in [-0.1, -0.05) is 77.4 Å². The smallest absolute Gasteiger partial charge is 0.306 e. The molecule has 0 saturated carbocycles. The maximum atomic E-state index is 11.4. The molecule has 0 aliphatic carbocycles. The molecule has 0 aromatic heterocycles. The minimum absolute atomic E-state index is 0.0741. The maximum absolute atomic E-state index is 11.4. The van der Waals surface area contributed by atoms with Crippen LogP contribution < -0.4 is 0 Å². The Morgan fingerprint density at radius 3 is 1.78 bits per heavy atom. The van der Waals surface area contributed by atoms with E-state index in [9.17, 15) is 9.59 Å². The van der Waals surface area contributed by atoms with Crippen molar-refractivity contribution in [3.8, 4) is 0 Å². The Balaban J connectivity index is 3.26. The van der Waals surface area contributed by atoms with Gasteiger partial charge in [0, 0.05) is 0 Å². The molecule has 0 aliphatic heterocycles. The van der Waals surface area contributed by atoms with Crippen LogP contribution >= 0.6 is 0 Å². The van der Waals surface area contributed by atoms with Crippen LogP contribution in [0.15, 0.2) is 12.7 Å². The molecule has 0 atom stereocenters. The van der Waals surface area contributed by atoms with Crippen LogP contribution in [0.4, 0.5) is 0 Å². The third-order valence-electron chi connectivity index (χ3n) is 3.66. The van der Waals surface area contributed by atoms with Crippen molar-refractivity contribution in [1.82, 2.24) is 0 Å². The van der Waals surface area contributed by atoms with E-state index in [-0.39, 0.29) is 31.4 Å². The predicted octanol–water partition coefficient (Wildman–Crippen LogP) is 4.96. The third-order valence-corrected chi connectivity index (χ3v) is 3.66. The van der Waals surface area contributed by atoms with Gasteiger partial charge in [0.25, 0.3) is 0 Å².